The van der Waals surface area contributed by atoms with E-state index in [1.54, 1.807) is 0 Å². The number of carboxylic acids is 1. The Morgan fingerprint density at radius 1 is 1.33 bits per heavy atom. The fourth-order valence-corrected chi connectivity index (χ4v) is 1.70. The van der Waals surface area contributed by atoms with Crippen LogP contribution in [0.2, 0.25) is 0 Å². The van der Waals surface area contributed by atoms with E-state index < -0.39 is 12.0 Å². The first-order chi connectivity index (χ1) is 8.66. The monoisotopic (exact) mass is 250 g/mol. The summed E-state index contributed by atoms with van der Waals surface area (Å²) in [6.45, 7) is 0.813. The van der Waals surface area contributed by atoms with Crippen LogP contribution in [0.3, 0.4) is 0 Å². The van der Waals surface area contributed by atoms with Gasteiger partial charge in [0.05, 0.1) is 13.0 Å². The van der Waals surface area contributed by atoms with E-state index in [-0.39, 0.29) is 13.0 Å². The predicted octanol–water partition coefficient (Wildman–Crippen LogP) is 1.12. The average molecular weight is 250 g/mol. The number of nitrogens with zero attached hydrogens (tertiary/aromatic N) is 1. The van der Waals surface area contributed by atoms with E-state index in [1.807, 2.05) is 24.3 Å². The number of fused-ring (bicyclic) bond motifs is 1. The molecule has 0 spiro atoms. The Kier molecular flexibility index (Phi) is 3.78. The molecule has 6 nitrogen and oxygen atoms in total. The van der Waals surface area contributed by atoms with Gasteiger partial charge >= 0.3 is 12.0 Å². The molecule has 1 aliphatic rings. The molecule has 1 aliphatic heterocycles. The first-order valence-electron chi connectivity index (χ1n) is 5.63. The van der Waals surface area contributed by atoms with E-state index in [0.29, 0.717) is 13.2 Å². The van der Waals surface area contributed by atoms with Crippen molar-refractivity contribution in [2.24, 2.45) is 0 Å². The van der Waals surface area contributed by atoms with Crippen molar-refractivity contribution in [1.82, 2.24) is 10.4 Å². The molecule has 18 heavy (non-hydrogen) atoms. The quantitative estimate of drug-likeness (QED) is 0.842. The standard InChI is InChI=1S/C12H14N2O4/c15-11(16)5-6-13-12(17)14-7-9-3-1-2-4-10(9)8-18-14/h1-4H,5-8H2,(H,13,17)(H,15,16). The molecule has 0 aromatic heterocycles. The van der Waals surface area contributed by atoms with Gasteiger partial charge in [-0.1, -0.05) is 24.3 Å². The summed E-state index contributed by atoms with van der Waals surface area (Å²) in [6.07, 6.45) is -0.101. The summed E-state index contributed by atoms with van der Waals surface area (Å²) in [5.41, 5.74) is 2.10. The average Bonchev–Trinajstić information content (AvgIpc) is 2.37. The number of urea groups is 1. The highest BCUT2D eigenvalue weighted by molar-refractivity contribution is 5.74. The molecular formula is C12H14N2O4. The number of amides is 2. The molecule has 0 saturated heterocycles. The number of hydrogen-bond acceptors (Lipinski definition) is 3. The van der Waals surface area contributed by atoms with Crippen LogP contribution in [0.15, 0.2) is 24.3 Å². The summed E-state index contributed by atoms with van der Waals surface area (Å²) in [4.78, 5) is 27.3. The molecule has 6 heteroatoms. The Bertz CT molecular complexity index is 461. The molecule has 2 N–H and O–H groups in total. The normalized spacial score (nSPS) is 13.9. The van der Waals surface area contributed by atoms with Crippen molar-refractivity contribution < 1.29 is 19.5 Å². The Labute approximate surface area is 104 Å². The van der Waals surface area contributed by atoms with Gasteiger partial charge < -0.3 is 10.4 Å². The highest BCUT2D eigenvalue weighted by Crippen LogP contribution is 2.19. The minimum Gasteiger partial charge on any atom is -0.481 e. The van der Waals surface area contributed by atoms with E-state index in [4.69, 9.17) is 9.94 Å². The van der Waals surface area contributed by atoms with Crippen molar-refractivity contribution in [2.75, 3.05) is 6.54 Å². The van der Waals surface area contributed by atoms with Crippen molar-refractivity contribution in [2.45, 2.75) is 19.6 Å². The molecule has 1 heterocycles. The molecule has 96 valence electrons. The van der Waals surface area contributed by atoms with E-state index in [1.165, 1.54) is 5.06 Å². The summed E-state index contributed by atoms with van der Waals surface area (Å²) in [5, 5.41) is 12.2. The first-order valence-corrected chi connectivity index (χ1v) is 5.63. The van der Waals surface area contributed by atoms with Gasteiger partial charge in [0.2, 0.25) is 0 Å². The van der Waals surface area contributed by atoms with Crippen LogP contribution >= 0.6 is 0 Å². The largest absolute Gasteiger partial charge is 0.481 e. The van der Waals surface area contributed by atoms with Gasteiger partial charge in [0.25, 0.3) is 0 Å². The minimum absolute atomic E-state index is 0.0929. The number of hydroxylamine groups is 2. The smallest absolute Gasteiger partial charge is 0.341 e. The van der Waals surface area contributed by atoms with Gasteiger partial charge in [-0.3, -0.25) is 9.63 Å². The maximum absolute atomic E-state index is 11.7. The molecule has 2 rings (SSSR count). The second-order valence-corrected chi connectivity index (χ2v) is 3.95. The van der Waals surface area contributed by atoms with Gasteiger partial charge in [0, 0.05) is 6.54 Å². The number of carboxylic acid groups (broad SMARTS) is 1. The Balaban J connectivity index is 1.88. The summed E-state index contributed by atoms with van der Waals surface area (Å²) in [7, 11) is 0. The summed E-state index contributed by atoms with van der Waals surface area (Å²) in [6, 6.07) is 7.31. The highest BCUT2D eigenvalue weighted by atomic mass is 16.7. The van der Waals surface area contributed by atoms with E-state index >= 15 is 0 Å². The van der Waals surface area contributed by atoms with Gasteiger partial charge in [-0.25, -0.2) is 4.79 Å². The van der Waals surface area contributed by atoms with Crippen molar-refractivity contribution >= 4 is 12.0 Å². The van der Waals surface area contributed by atoms with Crippen molar-refractivity contribution in [3.05, 3.63) is 35.4 Å². The lowest BCUT2D eigenvalue weighted by atomic mass is 10.1. The van der Waals surface area contributed by atoms with E-state index in [2.05, 4.69) is 5.32 Å². The fraction of sp³-hybridized carbons (Fsp3) is 0.333. The number of nitrogens with one attached hydrogen (secondary N) is 1. The lowest BCUT2D eigenvalue weighted by Crippen LogP contribution is -2.42. The van der Waals surface area contributed by atoms with Crippen LogP contribution in [-0.2, 0) is 22.8 Å². The molecule has 1 aromatic rings. The molecule has 2 amide bonds. The molecule has 0 fully saturated rings. The zero-order chi connectivity index (χ0) is 13.0. The third-order valence-electron chi connectivity index (χ3n) is 2.65. The van der Waals surface area contributed by atoms with Crippen LogP contribution in [-0.4, -0.2) is 28.7 Å². The second kappa shape index (κ2) is 5.50. The van der Waals surface area contributed by atoms with Gasteiger partial charge in [-0.15, -0.1) is 0 Å². The number of benzene rings is 1. The topological polar surface area (TPSA) is 78.9 Å². The molecule has 0 aliphatic carbocycles. The number of carbonyl (C=O) groups is 2. The third kappa shape index (κ3) is 2.98. The SMILES string of the molecule is O=C(O)CCNC(=O)N1Cc2ccccc2CO1. The molecule has 1 aromatic carbocycles. The predicted molar refractivity (Wildman–Crippen MR) is 62.4 cm³/mol. The van der Waals surface area contributed by atoms with Crippen LogP contribution in [0, 0.1) is 0 Å². The molecule has 0 unspecified atom stereocenters. The third-order valence-corrected chi connectivity index (χ3v) is 2.65. The van der Waals surface area contributed by atoms with Gasteiger partial charge in [-0.05, 0) is 11.1 Å². The van der Waals surface area contributed by atoms with Gasteiger partial charge in [0.1, 0.15) is 6.61 Å². The zero-order valence-electron chi connectivity index (χ0n) is 9.76. The molecule has 0 bridgehead atoms. The zero-order valence-corrected chi connectivity index (χ0v) is 9.76. The fourth-order valence-electron chi connectivity index (χ4n) is 1.70. The number of hydrogen-bond donors (Lipinski definition) is 2. The van der Waals surface area contributed by atoms with Crippen molar-refractivity contribution in [3.63, 3.8) is 0 Å². The summed E-state index contributed by atoms with van der Waals surface area (Å²) in [5.74, 6) is -0.944. The summed E-state index contributed by atoms with van der Waals surface area (Å²) >= 11 is 0. The minimum atomic E-state index is -0.944. The van der Waals surface area contributed by atoms with Crippen LogP contribution in [0.25, 0.3) is 0 Å². The van der Waals surface area contributed by atoms with Crippen molar-refractivity contribution in [1.29, 1.82) is 0 Å². The molecular weight excluding hydrogens is 236 g/mol. The van der Waals surface area contributed by atoms with Crippen LogP contribution < -0.4 is 5.32 Å². The molecule has 0 saturated carbocycles. The Morgan fingerprint density at radius 2 is 2.06 bits per heavy atom. The first kappa shape index (κ1) is 12.4. The maximum Gasteiger partial charge on any atom is 0.341 e. The number of aliphatic carboxylic acids is 1. The Hall–Kier alpha value is -2.08. The Morgan fingerprint density at radius 3 is 2.78 bits per heavy atom. The van der Waals surface area contributed by atoms with E-state index in [9.17, 15) is 9.59 Å². The number of carbonyl (C=O) groups excluding carboxylic acids is 1. The summed E-state index contributed by atoms with van der Waals surface area (Å²) < 4.78 is 0. The van der Waals surface area contributed by atoms with Crippen LogP contribution in [0.5, 0.6) is 0 Å². The van der Waals surface area contributed by atoms with Crippen LogP contribution in [0.1, 0.15) is 17.5 Å². The van der Waals surface area contributed by atoms with E-state index in [0.717, 1.165) is 11.1 Å². The van der Waals surface area contributed by atoms with Crippen molar-refractivity contribution in [3.8, 4) is 0 Å². The second-order valence-electron chi connectivity index (χ2n) is 3.95. The lowest BCUT2D eigenvalue weighted by Gasteiger charge is -2.27. The van der Waals surface area contributed by atoms with Gasteiger partial charge in [0.15, 0.2) is 0 Å². The van der Waals surface area contributed by atoms with Gasteiger partial charge in [-0.2, -0.15) is 5.06 Å². The molecule has 0 atom stereocenters. The van der Waals surface area contributed by atoms with Crippen LogP contribution in [0.4, 0.5) is 4.79 Å². The molecule has 0 radical (unpaired) electrons. The highest BCUT2D eigenvalue weighted by Gasteiger charge is 2.21. The lowest BCUT2D eigenvalue weighted by molar-refractivity contribution is -0.145. The maximum atomic E-state index is 11.7. The number of rotatable bonds is 3.